The molecule has 0 aromatic heterocycles. The van der Waals surface area contributed by atoms with Crippen molar-refractivity contribution in [2.45, 2.75) is 19.8 Å². The molecule has 0 bridgehead atoms. The zero-order chi connectivity index (χ0) is 13.8. The standard InChI is InChI=1S/C14H18N2O3/c1-10-8-13(17)16(14(18)9-10)11-2-4-12(5-3-11)19-7-6-15/h2-5,10H,6-9,15H2,1H3. The number of hydrogen-bond acceptors (Lipinski definition) is 4. The van der Waals surface area contributed by atoms with Crippen molar-refractivity contribution in [3.63, 3.8) is 0 Å². The number of anilines is 1. The normalized spacial score (nSPS) is 16.8. The minimum absolute atomic E-state index is 0.128. The van der Waals surface area contributed by atoms with E-state index in [2.05, 4.69) is 0 Å². The largest absolute Gasteiger partial charge is 0.492 e. The van der Waals surface area contributed by atoms with Crippen LogP contribution in [0.25, 0.3) is 0 Å². The number of carbonyl (C=O) groups excluding carboxylic acids is 2. The van der Waals surface area contributed by atoms with Gasteiger partial charge in [-0.3, -0.25) is 14.5 Å². The summed E-state index contributed by atoms with van der Waals surface area (Å²) in [7, 11) is 0. The zero-order valence-electron chi connectivity index (χ0n) is 11.0. The molecule has 0 radical (unpaired) electrons. The molecule has 1 aliphatic heterocycles. The lowest BCUT2D eigenvalue weighted by molar-refractivity contribution is -0.130. The number of imide groups is 1. The molecule has 1 aromatic rings. The lowest BCUT2D eigenvalue weighted by Gasteiger charge is -2.28. The van der Waals surface area contributed by atoms with Gasteiger partial charge in [-0.05, 0) is 30.2 Å². The van der Waals surface area contributed by atoms with Gasteiger partial charge in [0.2, 0.25) is 11.8 Å². The van der Waals surface area contributed by atoms with Crippen molar-refractivity contribution in [2.24, 2.45) is 11.7 Å². The maximum absolute atomic E-state index is 11.9. The fourth-order valence-corrected chi connectivity index (χ4v) is 2.15. The van der Waals surface area contributed by atoms with Crippen LogP contribution in [-0.4, -0.2) is 25.0 Å². The van der Waals surface area contributed by atoms with Crippen LogP contribution in [0, 0.1) is 5.92 Å². The van der Waals surface area contributed by atoms with Crippen LogP contribution in [0.15, 0.2) is 24.3 Å². The van der Waals surface area contributed by atoms with Crippen LogP contribution in [0.3, 0.4) is 0 Å². The quantitative estimate of drug-likeness (QED) is 0.830. The van der Waals surface area contributed by atoms with Gasteiger partial charge in [0.05, 0.1) is 5.69 Å². The predicted octanol–water partition coefficient (Wildman–Crippen LogP) is 1.31. The maximum atomic E-state index is 11.9. The molecule has 1 aromatic carbocycles. The van der Waals surface area contributed by atoms with Crippen LogP contribution in [0.5, 0.6) is 5.75 Å². The lowest BCUT2D eigenvalue weighted by atomic mass is 9.97. The first kappa shape index (κ1) is 13.5. The molecule has 0 unspecified atom stereocenters. The van der Waals surface area contributed by atoms with Gasteiger partial charge >= 0.3 is 0 Å². The summed E-state index contributed by atoms with van der Waals surface area (Å²) in [5, 5.41) is 0. The van der Waals surface area contributed by atoms with Gasteiger partial charge < -0.3 is 10.5 Å². The monoisotopic (exact) mass is 262 g/mol. The van der Waals surface area contributed by atoms with Crippen LogP contribution in [-0.2, 0) is 9.59 Å². The molecule has 0 atom stereocenters. The van der Waals surface area contributed by atoms with E-state index >= 15 is 0 Å². The first-order valence-corrected chi connectivity index (χ1v) is 6.40. The second-order valence-corrected chi connectivity index (χ2v) is 4.77. The summed E-state index contributed by atoms with van der Waals surface area (Å²) in [6, 6.07) is 6.92. The van der Waals surface area contributed by atoms with Crippen molar-refractivity contribution in [1.29, 1.82) is 0 Å². The minimum Gasteiger partial charge on any atom is -0.492 e. The van der Waals surface area contributed by atoms with Gasteiger partial charge in [0.15, 0.2) is 0 Å². The maximum Gasteiger partial charge on any atom is 0.234 e. The van der Waals surface area contributed by atoms with E-state index in [0.29, 0.717) is 37.4 Å². The van der Waals surface area contributed by atoms with E-state index in [1.165, 1.54) is 4.90 Å². The van der Waals surface area contributed by atoms with Crippen molar-refractivity contribution in [2.75, 3.05) is 18.1 Å². The highest BCUT2D eigenvalue weighted by atomic mass is 16.5. The third-order valence-electron chi connectivity index (χ3n) is 3.03. The Balaban J connectivity index is 2.13. The number of amides is 2. The van der Waals surface area contributed by atoms with Crippen molar-refractivity contribution < 1.29 is 14.3 Å². The summed E-state index contributed by atoms with van der Waals surface area (Å²) in [6.07, 6.45) is 0.828. The van der Waals surface area contributed by atoms with Crippen molar-refractivity contribution >= 4 is 17.5 Å². The van der Waals surface area contributed by atoms with Gasteiger partial charge in [-0.15, -0.1) is 0 Å². The van der Waals surface area contributed by atoms with Gasteiger partial charge in [-0.1, -0.05) is 6.92 Å². The number of nitrogens with two attached hydrogens (primary N) is 1. The number of ether oxygens (including phenoxy) is 1. The van der Waals surface area contributed by atoms with E-state index in [-0.39, 0.29) is 17.7 Å². The highest BCUT2D eigenvalue weighted by Crippen LogP contribution is 2.26. The summed E-state index contributed by atoms with van der Waals surface area (Å²) in [5.41, 5.74) is 5.95. The summed E-state index contributed by atoms with van der Waals surface area (Å²) in [6.45, 7) is 2.80. The molecule has 5 nitrogen and oxygen atoms in total. The van der Waals surface area contributed by atoms with Crippen molar-refractivity contribution in [3.05, 3.63) is 24.3 Å². The summed E-state index contributed by atoms with van der Waals surface area (Å²) in [4.78, 5) is 25.1. The molecule has 19 heavy (non-hydrogen) atoms. The average Bonchev–Trinajstić information content (AvgIpc) is 2.36. The molecular formula is C14H18N2O3. The number of piperidine rings is 1. The van der Waals surface area contributed by atoms with Crippen LogP contribution < -0.4 is 15.4 Å². The third kappa shape index (κ3) is 3.12. The highest BCUT2D eigenvalue weighted by molar-refractivity contribution is 6.16. The molecule has 1 fully saturated rings. The Morgan fingerprint density at radius 2 is 1.79 bits per heavy atom. The highest BCUT2D eigenvalue weighted by Gasteiger charge is 2.31. The first-order valence-electron chi connectivity index (χ1n) is 6.40. The Bertz CT molecular complexity index is 452. The Morgan fingerprint density at radius 1 is 1.21 bits per heavy atom. The lowest BCUT2D eigenvalue weighted by Crippen LogP contribution is -2.42. The van der Waals surface area contributed by atoms with Gasteiger partial charge in [-0.25, -0.2) is 0 Å². The topological polar surface area (TPSA) is 72.6 Å². The van der Waals surface area contributed by atoms with Crippen molar-refractivity contribution in [3.8, 4) is 5.75 Å². The summed E-state index contributed by atoms with van der Waals surface area (Å²) >= 11 is 0. The number of nitrogens with zero attached hydrogens (tertiary/aromatic N) is 1. The van der Waals surface area contributed by atoms with Crippen LogP contribution in [0.2, 0.25) is 0 Å². The molecular weight excluding hydrogens is 244 g/mol. The molecule has 1 aliphatic rings. The van der Waals surface area contributed by atoms with Gasteiger partial charge in [-0.2, -0.15) is 0 Å². The second-order valence-electron chi connectivity index (χ2n) is 4.77. The van der Waals surface area contributed by atoms with E-state index in [1.54, 1.807) is 24.3 Å². The minimum atomic E-state index is -0.139. The van der Waals surface area contributed by atoms with E-state index in [1.807, 2.05) is 6.92 Å². The fourth-order valence-electron chi connectivity index (χ4n) is 2.15. The molecule has 2 amide bonds. The molecule has 102 valence electrons. The smallest absolute Gasteiger partial charge is 0.234 e. The molecule has 1 heterocycles. The fraction of sp³-hybridized carbons (Fsp3) is 0.429. The number of carbonyl (C=O) groups is 2. The second kappa shape index (κ2) is 5.84. The Labute approximate surface area is 112 Å². The van der Waals surface area contributed by atoms with Crippen LogP contribution in [0.4, 0.5) is 5.69 Å². The van der Waals surface area contributed by atoms with Crippen LogP contribution in [0.1, 0.15) is 19.8 Å². The first-order chi connectivity index (χ1) is 9.11. The van der Waals surface area contributed by atoms with Gasteiger partial charge in [0, 0.05) is 19.4 Å². The Hall–Kier alpha value is -1.88. The predicted molar refractivity (Wildman–Crippen MR) is 71.9 cm³/mol. The van der Waals surface area contributed by atoms with E-state index in [0.717, 1.165) is 0 Å². The molecule has 5 heteroatoms. The Morgan fingerprint density at radius 3 is 2.32 bits per heavy atom. The molecule has 0 spiro atoms. The van der Waals surface area contributed by atoms with E-state index in [9.17, 15) is 9.59 Å². The van der Waals surface area contributed by atoms with Crippen molar-refractivity contribution in [1.82, 2.24) is 0 Å². The summed E-state index contributed by atoms with van der Waals surface area (Å²) in [5.74, 6) is 0.529. The number of benzene rings is 1. The van der Waals surface area contributed by atoms with E-state index in [4.69, 9.17) is 10.5 Å². The number of rotatable bonds is 4. The zero-order valence-corrected chi connectivity index (χ0v) is 11.0. The third-order valence-corrected chi connectivity index (χ3v) is 3.03. The molecule has 1 saturated heterocycles. The molecule has 2 N–H and O–H groups in total. The van der Waals surface area contributed by atoms with E-state index < -0.39 is 0 Å². The average molecular weight is 262 g/mol. The molecule has 0 aliphatic carbocycles. The Kier molecular flexibility index (Phi) is 4.16. The van der Waals surface area contributed by atoms with Crippen LogP contribution >= 0.6 is 0 Å². The SMILES string of the molecule is CC1CC(=O)N(c2ccc(OCCN)cc2)C(=O)C1. The summed E-state index contributed by atoms with van der Waals surface area (Å²) < 4.78 is 5.35. The van der Waals surface area contributed by atoms with Gasteiger partial charge in [0.25, 0.3) is 0 Å². The number of hydrogen-bond donors (Lipinski definition) is 1. The molecule has 2 rings (SSSR count). The molecule has 0 saturated carbocycles. The van der Waals surface area contributed by atoms with Gasteiger partial charge in [0.1, 0.15) is 12.4 Å².